The van der Waals surface area contributed by atoms with Crippen molar-refractivity contribution < 1.29 is 9.13 Å². The molecule has 5 nitrogen and oxygen atoms in total. The van der Waals surface area contributed by atoms with E-state index in [4.69, 9.17) is 4.74 Å². The second-order valence-electron chi connectivity index (χ2n) is 5.74. The molecular formula is C21H21FN4O. The second kappa shape index (κ2) is 9.33. The summed E-state index contributed by atoms with van der Waals surface area (Å²) >= 11 is 0. The summed E-state index contributed by atoms with van der Waals surface area (Å²) in [6.07, 6.45) is 1.75. The molecule has 3 aromatic rings. The van der Waals surface area contributed by atoms with E-state index in [1.54, 1.807) is 31.4 Å². The predicted molar refractivity (Wildman–Crippen MR) is 104 cm³/mol. The summed E-state index contributed by atoms with van der Waals surface area (Å²) in [5, 5.41) is 6.44. The third-order valence-corrected chi connectivity index (χ3v) is 3.86. The van der Waals surface area contributed by atoms with Crippen LogP contribution in [0.1, 0.15) is 11.3 Å². The molecule has 2 aromatic carbocycles. The molecule has 0 aliphatic rings. The Bertz CT molecular complexity index is 899. The fourth-order valence-corrected chi connectivity index (χ4v) is 2.47. The zero-order chi connectivity index (χ0) is 18.9. The smallest absolute Gasteiger partial charge is 0.191 e. The molecule has 0 bridgehead atoms. The molecule has 0 saturated carbocycles. The highest BCUT2D eigenvalue weighted by atomic mass is 19.1. The van der Waals surface area contributed by atoms with E-state index < -0.39 is 5.82 Å². The molecular weight excluding hydrogens is 343 g/mol. The molecule has 0 unspecified atom stereocenters. The van der Waals surface area contributed by atoms with Crippen molar-refractivity contribution in [3.63, 3.8) is 0 Å². The van der Waals surface area contributed by atoms with Gasteiger partial charge in [-0.1, -0.05) is 36.4 Å². The highest BCUT2D eigenvalue weighted by Gasteiger charge is 2.08. The van der Waals surface area contributed by atoms with Crippen LogP contribution in [-0.2, 0) is 13.1 Å². The Morgan fingerprint density at radius 3 is 2.37 bits per heavy atom. The zero-order valence-corrected chi connectivity index (χ0v) is 15.0. The molecule has 27 heavy (non-hydrogen) atoms. The first-order valence-corrected chi connectivity index (χ1v) is 8.61. The van der Waals surface area contributed by atoms with Gasteiger partial charge in [0, 0.05) is 25.4 Å². The van der Waals surface area contributed by atoms with Crippen molar-refractivity contribution in [2.45, 2.75) is 13.1 Å². The molecule has 3 rings (SSSR count). The van der Waals surface area contributed by atoms with Gasteiger partial charge in [-0.05, 0) is 30.3 Å². The third kappa shape index (κ3) is 5.28. The molecule has 0 aliphatic carbocycles. The number of hydrogen-bond acceptors (Lipinski definition) is 3. The van der Waals surface area contributed by atoms with E-state index in [9.17, 15) is 4.39 Å². The lowest BCUT2D eigenvalue weighted by atomic mass is 10.2. The Balaban J connectivity index is 1.62. The van der Waals surface area contributed by atoms with Crippen molar-refractivity contribution in [1.29, 1.82) is 0 Å². The molecule has 0 radical (unpaired) electrons. The maximum absolute atomic E-state index is 13.9. The van der Waals surface area contributed by atoms with E-state index in [0.717, 1.165) is 11.3 Å². The van der Waals surface area contributed by atoms with Gasteiger partial charge in [0.15, 0.2) is 17.5 Å². The summed E-state index contributed by atoms with van der Waals surface area (Å²) in [5.41, 5.74) is 1.81. The van der Waals surface area contributed by atoms with Gasteiger partial charge in [-0.3, -0.25) is 9.98 Å². The zero-order valence-electron chi connectivity index (χ0n) is 15.0. The van der Waals surface area contributed by atoms with Crippen LogP contribution in [0.4, 0.5) is 4.39 Å². The van der Waals surface area contributed by atoms with Crippen LogP contribution in [0.5, 0.6) is 11.5 Å². The minimum absolute atomic E-state index is 0.197. The van der Waals surface area contributed by atoms with Crippen LogP contribution in [0.2, 0.25) is 0 Å². The topological polar surface area (TPSA) is 58.5 Å². The van der Waals surface area contributed by atoms with Gasteiger partial charge in [0.1, 0.15) is 5.75 Å². The number of ether oxygens (including phenoxy) is 1. The number of para-hydroxylation sites is 2. The number of hydrogen-bond donors (Lipinski definition) is 2. The lowest BCUT2D eigenvalue weighted by Crippen LogP contribution is -2.36. The first-order valence-electron chi connectivity index (χ1n) is 8.61. The van der Waals surface area contributed by atoms with Crippen molar-refractivity contribution in [2.24, 2.45) is 4.99 Å². The van der Waals surface area contributed by atoms with E-state index in [-0.39, 0.29) is 5.75 Å². The Hall–Kier alpha value is -3.41. The molecule has 1 aromatic heterocycles. The molecule has 2 N–H and O–H groups in total. The predicted octanol–water partition coefficient (Wildman–Crippen LogP) is 3.88. The summed E-state index contributed by atoms with van der Waals surface area (Å²) < 4.78 is 19.6. The van der Waals surface area contributed by atoms with Crippen LogP contribution in [0.15, 0.2) is 77.9 Å². The van der Waals surface area contributed by atoms with Gasteiger partial charge in [0.2, 0.25) is 0 Å². The second-order valence-corrected chi connectivity index (χ2v) is 5.74. The fourth-order valence-electron chi connectivity index (χ4n) is 2.47. The van der Waals surface area contributed by atoms with E-state index in [1.165, 1.54) is 6.07 Å². The van der Waals surface area contributed by atoms with Crippen LogP contribution in [-0.4, -0.2) is 18.0 Å². The first kappa shape index (κ1) is 18.4. The van der Waals surface area contributed by atoms with Gasteiger partial charge in [-0.2, -0.15) is 0 Å². The maximum atomic E-state index is 13.9. The van der Waals surface area contributed by atoms with Crippen molar-refractivity contribution in [3.05, 3.63) is 90.0 Å². The highest BCUT2D eigenvalue weighted by molar-refractivity contribution is 5.79. The number of rotatable bonds is 6. The number of nitrogens with zero attached hydrogens (tertiary/aromatic N) is 2. The summed E-state index contributed by atoms with van der Waals surface area (Å²) in [4.78, 5) is 8.48. The largest absolute Gasteiger partial charge is 0.454 e. The first-order chi connectivity index (χ1) is 13.3. The fraction of sp³-hybridized carbons (Fsp3) is 0.143. The molecule has 0 fully saturated rings. The molecule has 0 aliphatic heterocycles. The Labute approximate surface area is 157 Å². The minimum Gasteiger partial charge on any atom is -0.454 e. The molecule has 0 spiro atoms. The standard InChI is InChI=1S/C21H21FN4O/c1-23-21(26-15-17-9-6-7-13-24-17)25-14-16-8-2-4-11-19(16)27-20-12-5-3-10-18(20)22/h2-13H,14-15H2,1H3,(H2,23,25,26). The summed E-state index contributed by atoms with van der Waals surface area (Å²) in [5.74, 6) is 1.03. The number of nitrogens with one attached hydrogen (secondary N) is 2. The maximum Gasteiger partial charge on any atom is 0.191 e. The Kier molecular flexibility index (Phi) is 6.35. The molecule has 0 atom stereocenters. The van der Waals surface area contributed by atoms with E-state index in [0.29, 0.717) is 24.8 Å². The normalized spacial score (nSPS) is 11.1. The quantitative estimate of drug-likeness (QED) is 0.515. The molecule has 138 valence electrons. The van der Waals surface area contributed by atoms with Crippen LogP contribution in [0, 0.1) is 5.82 Å². The van der Waals surface area contributed by atoms with Crippen LogP contribution in [0.25, 0.3) is 0 Å². The van der Waals surface area contributed by atoms with Gasteiger partial charge in [0.05, 0.1) is 12.2 Å². The van der Waals surface area contributed by atoms with E-state index in [1.807, 2.05) is 42.5 Å². The lowest BCUT2D eigenvalue weighted by molar-refractivity contribution is 0.437. The van der Waals surface area contributed by atoms with Crippen molar-refractivity contribution in [2.75, 3.05) is 7.05 Å². The Morgan fingerprint density at radius 2 is 1.63 bits per heavy atom. The highest BCUT2D eigenvalue weighted by Crippen LogP contribution is 2.27. The SMILES string of the molecule is CN=C(NCc1ccccn1)NCc1ccccc1Oc1ccccc1F. The van der Waals surface area contributed by atoms with Crippen molar-refractivity contribution in [1.82, 2.24) is 15.6 Å². The Morgan fingerprint density at radius 1 is 0.926 bits per heavy atom. The number of benzene rings is 2. The minimum atomic E-state index is -0.395. The van der Waals surface area contributed by atoms with Crippen LogP contribution < -0.4 is 15.4 Å². The third-order valence-electron chi connectivity index (χ3n) is 3.86. The molecule has 6 heteroatoms. The number of halogens is 1. The number of pyridine rings is 1. The van der Waals surface area contributed by atoms with Gasteiger partial charge in [-0.15, -0.1) is 0 Å². The van der Waals surface area contributed by atoms with Gasteiger partial charge in [-0.25, -0.2) is 4.39 Å². The van der Waals surface area contributed by atoms with Gasteiger partial charge in [0.25, 0.3) is 0 Å². The molecule has 0 saturated heterocycles. The lowest BCUT2D eigenvalue weighted by Gasteiger charge is -2.15. The van der Waals surface area contributed by atoms with Crippen molar-refractivity contribution in [3.8, 4) is 11.5 Å². The van der Waals surface area contributed by atoms with Gasteiger partial charge >= 0.3 is 0 Å². The van der Waals surface area contributed by atoms with Crippen LogP contribution >= 0.6 is 0 Å². The summed E-state index contributed by atoms with van der Waals surface area (Å²) in [7, 11) is 1.70. The van der Waals surface area contributed by atoms with E-state index in [2.05, 4.69) is 20.6 Å². The number of aromatic nitrogens is 1. The monoisotopic (exact) mass is 364 g/mol. The molecule has 0 amide bonds. The molecule has 1 heterocycles. The van der Waals surface area contributed by atoms with Crippen LogP contribution in [0.3, 0.4) is 0 Å². The van der Waals surface area contributed by atoms with Gasteiger partial charge < -0.3 is 15.4 Å². The number of guanidine groups is 1. The van der Waals surface area contributed by atoms with E-state index >= 15 is 0 Å². The van der Waals surface area contributed by atoms with Crippen molar-refractivity contribution >= 4 is 5.96 Å². The average molecular weight is 364 g/mol. The summed E-state index contributed by atoms with van der Waals surface area (Å²) in [6.45, 7) is 1.04. The average Bonchev–Trinajstić information content (AvgIpc) is 2.71. The summed E-state index contributed by atoms with van der Waals surface area (Å²) in [6, 6.07) is 19.6. The number of aliphatic imine (C=N–C) groups is 1.